The van der Waals surface area contributed by atoms with Crippen molar-refractivity contribution in [2.75, 3.05) is 0 Å². The Kier molecular flexibility index (Phi) is 7.75. The second kappa shape index (κ2) is 10.0. The summed E-state index contributed by atoms with van der Waals surface area (Å²) in [6.45, 7) is 3.95. The first kappa shape index (κ1) is 21.6. The van der Waals surface area contributed by atoms with Crippen molar-refractivity contribution in [3.8, 4) is 0 Å². The van der Waals surface area contributed by atoms with Gasteiger partial charge in [-0.25, -0.2) is 4.79 Å². The van der Waals surface area contributed by atoms with E-state index in [2.05, 4.69) is 12.1 Å². The number of hydrogen-bond donors (Lipinski definition) is 1. The number of nitrogens with zero attached hydrogens (tertiary/aromatic N) is 1. The van der Waals surface area contributed by atoms with E-state index >= 15 is 0 Å². The highest BCUT2D eigenvalue weighted by Gasteiger charge is 2.21. The Labute approximate surface area is 166 Å². The summed E-state index contributed by atoms with van der Waals surface area (Å²) in [5.41, 5.74) is 1.63. The van der Waals surface area contributed by atoms with Crippen LogP contribution in [-0.2, 0) is 25.6 Å². The summed E-state index contributed by atoms with van der Waals surface area (Å²) in [6, 6.07) is 13.0. The minimum Gasteiger partial charge on any atom is -0.476 e. The van der Waals surface area contributed by atoms with Crippen LogP contribution in [0.1, 0.15) is 49.3 Å². The topological polar surface area (TPSA) is 93.0 Å². The smallest absolute Gasteiger partial charge is 0.358 e. The molecule has 0 aliphatic rings. The molecule has 0 atom stereocenters. The second-order valence-electron chi connectivity index (χ2n) is 6.55. The van der Waals surface area contributed by atoms with E-state index in [4.69, 9.17) is 4.28 Å². The average molecular weight is 404 g/mol. The lowest BCUT2D eigenvalue weighted by Crippen LogP contribution is -2.18. The number of carbonyl (C=O) groups is 1. The van der Waals surface area contributed by atoms with E-state index < -0.39 is 21.8 Å². The molecule has 0 heterocycles. The summed E-state index contributed by atoms with van der Waals surface area (Å²) >= 11 is 0. The lowest BCUT2D eigenvalue weighted by atomic mass is 9.98. The molecule has 0 saturated heterocycles. The zero-order valence-electron chi connectivity index (χ0n) is 16.1. The minimum absolute atomic E-state index is 0.0839. The SMILES string of the molecule is CCCCCCc1ccccc1C(=NOS(=O)(=O)c1ccc(C)cc1)C(=O)O. The van der Waals surface area contributed by atoms with Crippen LogP contribution in [0.4, 0.5) is 0 Å². The van der Waals surface area contributed by atoms with Crippen LogP contribution in [0.25, 0.3) is 0 Å². The monoisotopic (exact) mass is 403 g/mol. The minimum atomic E-state index is -4.20. The zero-order chi connectivity index (χ0) is 20.6. The maximum atomic E-state index is 12.3. The molecule has 2 aromatic rings. The summed E-state index contributed by atoms with van der Waals surface area (Å²) in [5, 5.41) is 13.1. The number of carboxylic acid groups (broad SMARTS) is 1. The van der Waals surface area contributed by atoms with Gasteiger partial charge in [-0.2, -0.15) is 8.42 Å². The molecule has 0 fully saturated rings. The van der Waals surface area contributed by atoms with Crippen LogP contribution in [-0.4, -0.2) is 25.2 Å². The fourth-order valence-electron chi connectivity index (χ4n) is 2.75. The molecule has 0 unspecified atom stereocenters. The molecule has 0 radical (unpaired) electrons. The predicted molar refractivity (Wildman–Crippen MR) is 108 cm³/mol. The molecule has 0 bridgehead atoms. The quantitative estimate of drug-likeness (QED) is 0.362. The van der Waals surface area contributed by atoms with Gasteiger partial charge < -0.3 is 5.11 Å². The number of oxime groups is 1. The predicted octanol–water partition coefficient (Wildman–Crippen LogP) is 4.31. The number of rotatable bonds is 10. The molecule has 0 saturated carbocycles. The summed E-state index contributed by atoms with van der Waals surface area (Å²) < 4.78 is 29.3. The fourth-order valence-corrected chi connectivity index (χ4v) is 3.48. The van der Waals surface area contributed by atoms with Crippen molar-refractivity contribution in [3.05, 3.63) is 65.2 Å². The van der Waals surface area contributed by atoms with Crippen LogP contribution in [0, 0.1) is 6.92 Å². The van der Waals surface area contributed by atoms with Crippen LogP contribution in [0.2, 0.25) is 0 Å². The van der Waals surface area contributed by atoms with Gasteiger partial charge in [-0.15, -0.1) is 0 Å². The van der Waals surface area contributed by atoms with Gasteiger partial charge in [0.15, 0.2) is 5.71 Å². The van der Waals surface area contributed by atoms with E-state index in [1.54, 1.807) is 24.3 Å². The van der Waals surface area contributed by atoms with Crippen molar-refractivity contribution in [1.29, 1.82) is 0 Å². The van der Waals surface area contributed by atoms with Crippen LogP contribution < -0.4 is 0 Å². The highest BCUT2D eigenvalue weighted by Crippen LogP contribution is 2.17. The zero-order valence-corrected chi connectivity index (χ0v) is 16.9. The third-order valence-corrected chi connectivity index (χ3v) is 5.43. The third kappa shape index (κ3) is 5.92. The van der Waals surface area contributed by atoms with Crippen LogP contribution in [0.3, 0.4) is 0 Å². The largest absolute Gasteiger partial charge is 0.476 e. The van der Waals surface area contributed by atoms with Crippen LogP contribution >= 0.6 is 0 Å². The van der Waals surface area contributed by atoms with Crippen molar-refractivity contribution >= 4 is 21.8 Å². The molecule has 0 aromatic heterocycles. The van der Waals surface area contributed by atoms with Gasteiger partial charge in [-0.3, -0.25) is 4.28 Å². The van der Waals surface area contributed by atoms with Gasteiger partial charge in [0.25, 0.3) is 0 Å². The Hall–Kier alpha value is -2.67. The standard InChI is InChI=1S/C21H25NO5S/c1-3-4-5-6-9-17-10-7-8-11-19(17)20(21(23)24)22-27-28(25,26)18-14-12-16(2)13-15-18/h7-8,10-15H,3-6,9H2,1-2H3,(H,23,24). The molecule has 0 amide bonds. The number of unbranched alkanes of at least 4 members (excludes halogenated alkanes) is 3. The molecular weight excluding hydrogens is 378 g/mol. The fraction of sp³-hybridized carbons (Fsp3) is 0.333. The molecule has 6 nitrogen and oxygen atoms in total. The third-order valence-electron chi connectivity index (χ3n) is 4.31. The molecule has 2 rings (SSSR count). The molecular formula is C21H25NO5S. The first-order valence-corrected chi connectivity index (χ1v) is 10.7. The van der Waals surface area contributed by atoms with Crippen molar-refractivity contribution in [2.45, 2.75) is 50.8 Å². The second-order valence-corrected chi connectivity index (χ2v) is 8.08. The highest BCUT2D eigenvalue weighted by molar-refractivity contribution is 7.86. The van der Waals surface area contributed by atoms with E-state index in [-0.39, 0.29) is 4.90 Å². The van der Waals surface area contributed by atoms with Crippen molar-refractivity contribution in [3.63, 3.8) is 0 Å². The lowest BCUT2D eigenvalue weighted by Gasteiger charge is -2.09. The summed E-state index contributed by atoms with van der Waals surface area (Å²) in [7, 11) is -4.20. The summed E-state index contributed by atoms with van der Waals surface area (Å²) in [5.74, 6) is -1.35. The number of benzene rings is 2. The Morgan fingerprint density at radius 2 is 1.71 bits per heavy atom. The van der Waals surface area contributed by atoms with Gasteiger partial charge in [0.2, 0.25) is 0 Å². The number of hydrogen-bond acceptors (Lipinski definition) is 5. The maximum absolute atomic E-state index is 12.3. The van der Waals surface area contributed by atoms with E-state index in [0.717, 1.165) is 36.8 Å². The van der Waals surface area contributed by atoms with E-state index in [0.29, 0.717) is 12.0 Å². The Morgan fingerprint density at radius 1 is 1.04 bits per heavy atom. The molecule has 1 N–H and O–H groups in total. The van der Waals surface area contributed by atoms with E-state index in [1.165, 1.54) is 12.1 Å². The Bertz CT molecular complexity index is 934. The van der Waals surface area contributed by atoms with E-state index in [9.17, 15) is 18.3 Å². The molecule has 0 aliphatic carbocycles. The number of aryl methyl sites for hydroxylation is 2. The van der Waals surface area contributed by atoms with Gasteiger partial charge >= 0.3 is 16.1 Å². The summed E-state index contributed by atoms with van der Waals surface area (Å²) in [6.07, 6.45) is 4.87. The number of aliphatic carboxylic acids is 1. The molecule has 150 valence electrons. The Morgan fingerprint density at radius 3 is 2.36 bits per heavy atom. The van der Waals surface area contributed by atoms with Gasteiger partial charge in [0.05, 0.1) is 0 Å². The van der Waals surface area contributed by atoms with Crippen molar-refractivity contribution in [1.82, 2.24) is 0 Å². The molecule has 7 heteroatoms. The van der Waals surface area contributed by atoms with Crippen LogP contribution in [0.15, 0.2) is 58.6 Å². The molecule has 0 aliphatic heterocycles. The highest BCUT2D eigenvalue weighted by atomic mass is 32.2. The first-order valence-electron chi connectivity index (χ1n) is 9.25. The molecule has 28 heavy (non-hydrogen) atoms. The summed E-state index contributed by atoms with van der Waals surface area (Å²) in [4.78, 5) is 11.6. The number of carboxylic acids is 1. The lowest BCUT2D eigenvalue weighted by molar-refractivity contribution is -0.129. The van der Waals surface area contributed by atoms with Gasteiger partial charge in [0, 0.05) is 5.56 Å². The average Bonchev–Trinajstić information content (AvgIpc) is 2.66. The normalized spacial score (nSPS) is 12.0. The first-order chi connectivity index (χ1) is 13.3. The Balaban J connectivity index is 2.28. The van der Waals surface area contributed by atoms with Crippen LogP contribution in [0.5, 0.6) is 0 Å². The molecule has 0 spiro atoms. The van der Waals surface area contributed by atoms with E-state index in [1.807, 2.05) is 19.1 Å². The van der Waals surface area contributed by atoms with Gasteiger partial charge in [-0.05, 0) is 37.5 Å². The van der Waals surface area contributed by atoms with Gasteiger partial charge in [-0.1, -0.05) is 73.3 Å². The maximum Gasteiger partial charge on any atom is 0.358 e. The van der Waals surface area contributed by atoms with Gasteiger partial charge in [0.1, 0.15) is 4.90 Å². The van der Waals surface area contributed by atoms with Crippen molar-refractivity contribution < 1.29 is 22.6 Å². The van der Waals surface area contributed by atoms with Crippen molar-refractivity contribution in [2.24, 2.45) is 5.16 Å². The molecule has 2 aromatic carbocycles.